The van der Waals surface area contributed by atoms with Crippen molar-refractivity contribution in [1.82, 2.24) is 24.8 Å². The van der Waals surface area contributed by atoms with E-state index in [9.17, 15) is 4.79 Å². The zero-order valence-electron chi connectivity index (χ0n) is 11.8. The monoisotopic (exact) mass is 293 g/mol. The van der Waals surface area contributed by atoms with E-state index in [4.69, 9.17) is 0 Å². The third-order valence-electron chi connectivity index (χ3n) is 3.28. The highest BCUT2D eigenvalue weighted by Crippen LogP contribution is 2.15. The van der Waals surface area contributed by atoms with Crippen LogP contribution in [0, 0.1) is 0 Å². The Morgan fingerprint density at radius 1 is 1.14 bits per heavy atom. The topological polar surface area (TPSA) is 72.7 Å². The fourth-order valence-electron chi connectivity index (χ4n) is 2.18. The molecule has 0 fully saturated rings. The maximum atomic E-state index is 12.3. The smallest absolute Gasteiger partial charge is 0.254 e. The molecule has 1 unspecified atom stereocenters. The summed E-state index contributed by atoms with van der Waals surface area (Å²) in [7, 11) is 0. The molecule has 0 saturated heterocycles. The first-order valence-electron chi connectivity index (χ1n) is 6.89. The lowest BCUT2D eigenvalue weighted by atomic mass is 10.1. The van der Waals surface area contributed by atoms with Gasteiger partial charge in [0.05, 0.1) is 17.9 Å². The Balaban J connectivity index is 1.81. The maximum Gasteiger partial charge on any atom is 0.254 e. The molecule has 6 nitrogen and oxygen atoms in total. The second kappa shape index (κ2) is 6.62. The molecule has 3 aromatic rings. The largest absolute Gasteiger partial charge is 0.343 e. The fourth-order valence-corrected chi connectivity index (χ4v) is 2.18. The van der Waals surface area contributed by atoms with Crippen LogP contribution in [0.2, 0.25) is 0 Å². The number of hydrogen-bond acceptors (Lipinski definition) is 4. The summed E-state index contributed by atoms with van der Waals surface area (Å²) in [5.41, 5.74) is 1.47. The predicted octanol–water partition coefficient (Wildman–Crippen LogP) is 1.84. The summed E-state index contributed by atoms with van der Waals surface area (Å²) in [6, 6.07) is 9.67. The van der Waals surface area contributed by atoms with Gasteiger partial charge in [0, 0.05) is 31.3 Å². The van der Waals surface area contributed by atoms with Crippen molar-refractivity contribution >= 4 is 5.91 Å². The van der Waals surface area contributed by atoms with E-state index in [-0.39, 0.29) is 11.9 Å². The van der Waals surface area contributed by atoms with Crippen molar-refractivity contribution in [2.75, 3.05) is 0 Å². The summed E-state index contributed by atoms with van der Waals surface area (Å²) in [6.07, 6.45) is 9.72. The highest BCUT2D eigenvalue weighted by molar-refractivity contribution is 5.93. The van der Waals surface area contributed by atoms with Gasteiger partial charge in [-0.3, -0.25) is 4.79 Å². The number of nitrogens with one attached hydrogen (secondary N) is 1. The molecule has 1 aromatic carbocycles. The van der Waals surface area contributed by atoms with Crippen molar-refractivity contribution < 1.29 is 4.79 Å². The molecule has 1 N–H and O–H groups in total. The number of carbonyl (C=O) groups excluding carboxylic acids is 1. The van der Waals surface area contributed by atoms with Crippen LogP contribution in [-0.4, -0.2) is 25.4 Å². The first kappa shape index (κ1) is 13.9. The minimum absolute atomic E-state index is 0.164. The molecule has 0 aliphatic carbocycles. The minimum Gasteiger partial charge on any atom is -0.343 e. The number of carbonyl (C=O) groups is 1. The zero-order valence-corrected chi connectivity index (χ0v) is 11.8. The van der Waals surface area contributed by atoms with Gasteiger partial charge in [-0.05, 0) is 5.56 Å². The van der Waals surface area contributed by atoms with Crippen molar-refractivity contribution in [1.29, 1.82) is 0 Å². The minimum atomic E-state index is -0.199. The number of benzene rings is 1. The van der Waals surface area contributed by atoms with Crippen molar-refractivity contribution in [3.05, 3.63) is 78.9 Å². The van der Waals surface area contributed by atoms with E-state index in [1.165, 1.54) is 18.7 Å². The Morgan fingerprint density at radius 3 is 2.59 bits per heavy atom. The van der Waals surface area contributed by atoms with E-state index in [0.29, 0.717) is 12.1 Å². The molecule has 0 saturated carbocycles. The van der Waals surface area contributed by atoms with Crippen LogP contribution < -0.4 is 5.32 Å². The number of amides is 1. The Bertz CT molecular complexity index is 713. The predicted molar refractivity (Wildman–Crippen MR) is 80.9 cm³/mol. The molecule has 2 aromatic heterocycles. The van der Waals surface area contributed by atoms with Crippen LogP contribution in [0.1, 0.15) is 22.0 Å². The molecule has 1 amide bonds. The van der Waals surface area contributed by atoms with Gasteiger partial charge in [0.2, 0.25) is 0 Å². The Morgan fingerprint density at radius 2 is 1.91 bits per heavy atom. The van der Waals surface area contributed by atoms with Crippen molar-refractivity contribution in [2.45, 2.75) is 12.6 Å². The van der Waals surface area contributed by atoms with E-state index in [1.807, 2.05) is 41.1 Å². The summed E-state index contributed by atoms with van der Waals surface area (Å²) in [5, 5.41) is 3.02. The SMILES string of the molecule is O=C(NC(Cn1ccnc1)c1ccccc1)c1cncnc1. The van der Waals surface area contributed by atoms with Crippen molar-refractivity contribution in [3.63, 3.8) is 0 Å². The van der Waals surface area contributed by atoms with Crippen molar-refractivity contribution in [3.8, 4) is 0 Å². The lowest BCUT2D eigenvalue weighted by Crippen LogP contribution is -2.31. The van der Waals surface area contributed by atoms with E-state index in [2.05, 4.69) is 20.3 Å². The van der Waals surface area contributed by atoms with E-state index in [0.717, 1.165) is 5.56 Å². The second-order valence-electron chi connectivity index (χ2n) is 4.82. The molecular weight excluding hydrogens is 278 g/mol. The van der Waals surface area contributed by atoms with Gasteiger partial charge < -0.3 is 9.88 Å². The molecule has 0 bridgehead atoms. The molecule has 0 aliphatic heterocycles. The number of imidazole rings is 1. The van der Waals surface area contributed by atoms with Crippen LogP contribution in [0.3, 0.4) is 0 Å². The first-order valence-corrected chi connectivity index (χ1v) is 6.89. The Hall–Kier alpha value is -3.02. The van der Waals surface area contributed by atoms with Gasteiger partial charge >= 0.3 is 0 Å². The quantitative estimate of drug-likeness (QED) is 0.779. The lowest BCUT2D eigenvalue weighted by Gasteiger charge is -2.19. The van der Waals surface area contributed by atoms with Gasteiger partial charge in [-0.25, -0.2) is 15.0 Å². The lowest BCUT2D eigenvalue weighted by molar-refractivity contribution is 0.0932. The summed E-state index contributed by atoms with van der Waals surface area (Å²) in [5.74, 6) is -0.199. The first-order chi connectivity index (χ1) is 10.8. The Kier molecular flexibility index (Phi) is 4.20. The van der Waals surface area contributed by atoms with Crippen LogP contribution in [-0.2, 0) is 6.54 Å². The number of rotatable bonds is 5. The highest BCUT2D eigenvalue weighted by atomic mass is 16.1. The van der Waals surface area contributed by atoms with E-state index in [1.54, 1.807) is 12.5 Å². The molecule has 0 aliphatic rings. The third-order valence-corrected chi connectivity index (χ3v) is 3.28. The van der Waals surface area contributed by atoms with Crippen LogP contribution in [0.4, 0.5) is 0 Å². The molecule has 110 valence electrons. The number of aromatic nitrogens is 4. The van der Waals surface area contributed by atoms with Gasteiger partial charge in [0.15, 0.2) is 0 Å². The zero-order chi connectivity index (χ0) is 15.2. The van der Waals surface area contributed by atoms with E-state index >= 15 is 0 Å². The van der Waals surface area contributed by atoms with Crippen LogP contribution in [0.15, 0.2) is 67.8 Å². The van der Waals surface area contributed by atoms with Gasteiger partial charge in [-0.2, -0.15) is 0 Å². The van der Waals surface area contributed by atoms with Gasteiger partial charge in [0.1, 0.15) is 6.33 Å². The molecule has 0 spiro atoms. The Labute approximate surface area is 127 Å². The molecule has 22 heavy (non-hydrogen) atoms. The van der Waals surface area contributed by atoms with Crippen molar-refractivity contribution in [2.24, 2.45) is 0 Å². The molecule has 0 radical (unpaired) electrons. The normalized spacial score (nSPS) is 11.8. The summed E-state index contributed by atoms with van der Waals surface area (Å²) in [4.78, 5) is 24.1. The van der Waals surface area contributed by atoms with Crippen LogP contribution in [0.25, 0.3) is 0 Å². The highest BCUT2D eigenvalue weighted by Gasteiger charge is 2.16. The molecule has 3 rings (SSSR count). The molecular formula is C16H15N5O. The summed E-state index contributed by atoms with van der Waals surface area (Å²) < 4.78 is 1.93. The standard InChI is InChI=1S/C16H15N5O/c22-16(14-8-18-11-19-9-14)20-15(10-21-7-6-17-12-21)13-4-2-1-3-5-13/h1-9,11-12,15H,10H2,(H,20,22). The average molecular weight is 293 g/mol. The van der Waals surface area contributed by atoms with Gasteiger partial charge in [-0.1, -0.05) is 30.3 Å². The van der Waals surface area contributed by atoms with Gasteiger partial charge in [-0.15, -0.1) is 0 Å². The van der Waals surface area contributed by atoms with Crippen LogP contribution in [0.5, 0.6) is 0 Å². The molecule has 2 heterocycles. The van der Waals surface area contributed by atoms with Crippen LogP contribution >= 0.6 is 0 Å². The number of nitrogens with zero attached hydrogens (tertiary/aromatic N) is 4. The number of hydrogen-bond donors (Lipinski definition) is 1. The maximum absolute atomic E-state index is 12.3. The van der Waals surface area contributed by atoms with E-state index < -0.39 is 0 Å². The molecule has 1 atom stereocenters. The second-order valence-corrected chi connectivity index (χ2v) is 4.82. The molecule has 6 heteroatoms. The third kappa shape index (κ3) is 3.35. The average Bonchev–Trinajstić information content (AvgIpc) is 3.09. The summed E-state index contributed by atoms with van der Waals surface area (Å²) >= 11 is 0. The fraction of sp³-hybridized carbons (Fsp3) is 0.125. The van der Waals surface area contributed by atoms with Gasteiger partial charge in [0.25, 0.3) is 5.91 Å². The summed E-state index contributed by atoms with van der Waals surface area (Å²) in [6.45, 7) is 0.601.